The molecule has 1 heterocycles. The number of carbonyl (C=O) groups excluding carboxylic acids is 2. The lowest BCUT2D eigenvalue weighted by Crippen LogP contribution is -2.36. The molecule has 0 spiro atoms. The van der Waals surface area contributed by atoms with Gasteiger partial charge in [0.15, 0.2) is 0 Å². The molecule has 1 aromatic carbocycles. The molecule has 1 aliphatic rings. The minimum Gasteiger partial charge on any atom is -0.480 e. The van der Waals surface area contributed by atoms with E-state index in [1.807, 2.05) is 37.3 Å². The minimum atomic E-state index is -1.17. The van der Waals surface area contributed by atoms with Gasteiger partial charge in [-0.05, 0) is 11.5 Å². The van der Waals surface area contributed by atoms with Gasteiger partial charge in [0.05, 0.1) is 5.92 Å². The molecule has 1 aromatic rings. The van der Waals surface area contributed by atoms with E-state index in [0.29, 0.717) is 0 Å². The van der Waals surface area contributed by atoms with E-state index in [9.17, 15) is 14.4 Å². The van der Waals surface area contributed by atoms with Crippen molar-refractivity contribution < 1.29 is 19.5 Å². The first kappa shape index (κ1) is 13.3. The number of benzene rings is 1. The van der Waals surface area contributed by atoms with Crippen molar-refractivity contribution in [3.63, 3.8) is 0 Å². The summed E-state index contributed by atoms with van der Waals surface area (Å²) in [5, 5.41) is 8.71. The number of carbonyl (C=O) groups is 3. The lowest BCUT2D eigenvalue weighted by molar-refractivity contribution is -0.149. The third-order valence-electron chi connectivity index (χ3n) is 3.50. The van der Waals surface area contributed by atoms with Crippen molar-refractivity contribution in [1.29, 1.82) is 0 Å². The molecule has 100 valence electrons. The summed E-state index contributed by atoms with van der Waals surface area (Å²) in [5.41, 5.74) is 0.978. The molecular formula is C14H15NO4. The average molecular weight is 261 g/mol. The molecule has 2 rings (SSSR count). The fraction of sp³-hybridized carbons (Fsp3) is 0.357. The number of hydrogen-bond acceptors (Lipinski definition) is 3. The second kappa shape index (κ2) is 5.22. The molecule has 5 heteroatoms. The lowest BCUT2D eigenvalue weighted by Gasteiger charge is -2.18. The predicted octanol–water partition coefficient (Wildman–Crippen LogP) is 1.25. The predicted molar refractivity (Wildman–Crippen MR) is 67.3 cm³/mol. The zero-order valence-electron chi connectivity index (χ0n) is 10.6. The van der Waals surface area contributed by atoms with Gasteiger partial charge in [0, 0.05) is 6.42 Å². The topological polar surface area (TPSA) is 74.7 Å². The molecule has 1 aliphatic heterocycles. The molecular weight excluding hydrogens is 246 g/mol. The summed E-state index contributed by atoms with van der Waals surface area (Å²) in [6.07, 6.45) is 0.0855. The highest BCUT2D eigenvalue weighted by Gasteiger charge is 2.42. The first-order valence-corrected chi connectivity index (χ1v) is 6.11. The maximum Gasteiger partial charge on any atom is 0.323 e. The molecule has 2 amide bonds. The lowest BCUT2D eigenvalue weighted by atomic mass is 9.86. The van der Waals surface area contributed by atoms with Crippen LogP contribution in [0.3, 0.4) is 0 Å². The average Bonchev–Trinajstić information content (AvgIpc) is 2.66. The third kappa shape index (κ3) is 2.65. The van der Waals surface area contributed by atoms with Crippen molar-refractivity contribution in [2.75, 3.05) is 6.54 Å². The Morgan fingerprint density at radius 1 is 1.37 bits per heavy atom. The highest BCUT2D eigenvalue weighted by molar-refractivity contribution is 6.05. The number of imide groups is 1. The molecule has 0 aromatic heterocycles. The van der Waals surface area contributed by atoms with E-state index in [1.165, 1.54) is 0 Å². The second-order valence-corrected chi connectivity index (χ2v) is 4.72. The molecule has 1 N–H and O–H groups in total. The maximum atomic E-state index is 12.1. The third-order valence-corrected chi connectivity index (χ3v) is 3.50. The monoisotopic (exact) mass is 261 g/mol. The van der Waals surface area contributed by atoms with E-state index in [-0.39, 0.29) is 18.2 Å². The molecule has 0 radical (unpaired) electrons. The summed E-state index contributed by atoms with van der Waals surface area (Å²) in [6.45, 7) is 1.34. The molecule has 0 unspecified atom stereocenters. The van der Waals surface area contributed by atoms with Gasteiger partial charge < -0.3 is 5.11 Å². The minimum absolute atomic E-state index is 0.0855. The highest BCUT2D eigenvalue weighted by Crippen LogP contribution is 2.33. The fourth-order valence-corrected chi connectivity index (χ4v) is 2.39. The zero-order valence-corrected chi connectivity index (χ0v) is 10.6. The molecule has 5 nitrogen and oxygen atoms in total. The summed E-state index contributed by atoms with van der Waals surface area (Å²) in [5.74, 6) is -2.52. The van der Waals surface area contributed by atoms with Gasteiger partial charge in [0.25, 0.3) is 0 Å². The Morgan fingerprint density at radius 3 is 2.58 bits per heavy atom. The SMILES string of the molecule is C[C@H](c1ccccc1)[C@H]1CC(=O)N(CC(=O)O)C1=O. The van der Waals surface area contributed by atoms with Gasteiger partial charge in [-0.1, -0.05) is 37.3 Å². The van der Waals surface area contributed by atoms with Crippen LogP contribution in [-0.2, 0) is 14.4 Å². The van der Waals surface area contributed by atoms with E-state index in [4.69, 9.17) is 5.11 Å². The molecule has 0 saturated carbocycles. The Morgan fingerprint density at radius 2 is 2.00 bits per heavy atom. The first-order valence-electron chi connectivity index (χ1n) is 6.11. The van der Waals surface area contributed by atoms with E-state index < -0.39 is 24.3 Å². The van der Waals surface area contributed by atoms with Crippen LogP contribution in [0.25, 0.3) is 0 Å². The summed E-state index contributed by atoms with van der Waals surface area (Å²) in [7, 11) is 0. The number of hydrogen-bond donors (Lipinski definition) is 1. The molecule has 19 heavy (non-hydrogen) atoms. The molecule has 0 bridgehead atoms. The number of carboxylic acid groups (broad SMARTS) is 1. The highest BCUT2D eigenvalue weighted by atomic mass is 16.4. The van der Waals surface area contributed by atoms with Gasteiger partial charge >= 0.3 is 5.97 Å². The standard InChI is InChI=1S/C14H15NO4/c1-9(10-5-3-2-4-6-10)11-7-12(16)15(14(11)19)8-13(17)18/h2-6,9,11H,7-8H2,1H3,(H,17,18)/t9-,11-/m1/s1. The second-order valence-electron chi connectivity index (χ2n) is 4.72. The van der Waals surface area contributed by atoms with Crippen molar-refractivity contribution in [3.05, 3.63) is 35.9 Å². The van der Waals surface area contributed by atoms with Gasteiger partial charge in [-0.2, -0.15) is 0 Å². The van der Waals surface area contributed by atoms with Crippen LogP contribution in [0.15, 0.2) is 30.3 Å². The summed E-state index contributed by atoms with van der Waals surface area (Å²) >= 11 is 0. The number of rotatable bonds is 4. The number of amides is 2. The Bertz CT molecular complexity index is 511. The van der Waals surface area contributed by atoms with Gasteiger partial charge in [-0.15, -0.1) is 0 Å². The smallest absolute Gasteiger partial charge is 0.323 e. The van der Waals surface area contributed by atoms with Gasteiger partial charge in [-0.25, -0.2) is 0 Å². The van der Waals surface area contributed by atoms with Crippen LogP contribution in [0, 0.1) is 5.92 Å². The summed E-state index contributed by atoms with van der Waals surface area (Å²) in [6, 6.07) is 9.45. The van der Waals surface area contributed by atoms with Crippen LogP contribution in [0.2, 0.25) is 0 Å². The van der Waals surface area contributed by atoms with Crippen molar-refractivity contribution in [3.8, 4) is 0 Å². The van der Waals surface area contributed by atoms with E-state index in [1.54, 1.807) is 0 Å². The van der Waals surface area contributed by atoms with Crippen LogP contribution in [0.5, 0.6) is 0 Å². The Hall–Kier alpha value is -2.17. The van der Waals surface area contributed by atoms with Crippen molar-refractivity contribution in [2.24, 2.45) is 5.92 Å². The Kier molecular flexibility index (Phi) is 3.64. The molecule has 0 aliphatic carbocycles. The molecule has 1 fully saturated rings. The van der Waals surface area contributed by atoms with Gasteiger partial charge in [0.1, 0.15) is 6.54 Å². The quantitative estimate of drug-likeness (QED) is 0.828. The Balaban J connectivity index is 2.17. The number of aliphatic carboxylic acids is 1. The van der Waals surface area contributed by atoms with E-state index >= 15 is 0 Å². The van der Waals surface area contributed by atoms with Gasteiger partial charge in [0.2, 0.25) is 11.8 Å². The Labute approximate surface area is 110 Å². The summed E-state index contributed by atoms with van der Waals surface area (Å²) < 4.78 is 0. The summed E-state index contributed by atoms with van der Waals surface area (Å²) in [4.78, 5) is 35.3. The maximum absolute atomic E-state index is 12.1. The molecule has 1 saturated heterocycles. The number of likely N-dealkylation sites (tertiary alicyclic amines) is 1. The van der Waals surface area contributed by atoms with Crippen molar-refractivity contribution in [1.82, 2.24) is 4.90 Å². The number of nitrogens with zero attached hydrogens (tertiary/aromatic N) is 1. The van der Waals surface area contributed by atoms with Gasteiger partial charge in [-0.3, -0.25) is 19.3 Å². The van der Waals surface area contributed by atoms with Crippen LogP contribution in [0.4, 0.5) is 0 Å². The van der Waals surface area contributed by atoms with Crippen LogP contribution < -0.4 is 0 Å². The normalized spacial score (nSPS) is 20.7. The van der Waals surface area contributed by atoms with Crippen molar-refractivity contribution in [2.45, 2.75) is 19.3 Å². The fourth-order valence-electron chi connectivity index (χ4n) is 2.39. The van der Waals surface area contributed by atoms with E-state index in [0.717, 1.165) is 10.5 Å². The van der Waals surface area contributed by atoms with Crippen LogP contribution >= 0.6 is 0 Å². The largest absolute Gasteiger partial charge is 0.480 e. The van der Waals surface area contributed by atoms with Crippen LogP contribution in [-0.4, -0.2) is 34.3 Å². The van der Waals surface area contributed by atoms with Crippen molar-refractivity contribution >= 4 is 17.8 Å². The number of carboxylic acids is 1. The van der Waals surface area contributed by atoms with Crippen LogP contribution in [0.1, 0.15) is 24.8 Å². The zero-order chi connectivity index (χ0) is 14.0. The molecule has 2 atom stereocenters. The first-order chi connectivity index (χ1) is 9.00. The van der Waals surface area contributed by atoms with E-state index in [2.05, 4.69) is 0 Å².